The number of hydrogen-bond donors (Lipinski definition) is 2. The van der Waals surface area contributed by atoms with E-state index in [0.29, 0.717) is 17.5 Å². The summed E-state index contributed by atoms with van der Waals surface area (Å²) in [5.41, 5.74) is 0.747. The fourth-order valence-corrected chi connectivity index (χ4v) is 2.74. The Morgan fingerprint density at radius 3 is 2.84 bits per heavy atom. The van der Waals surface area contributed by atoms with Crippen LogP contribution in [-0.2, 0) is 17.1 Å². The van der Waals surface area contributed by atoms with Crippen LogP contribution in [-0.4, -0.2) is 31.2 Å². The number of aliphatic hydroxyl groups excluding tert-OH is 1. The minimum absolute atomic E-state index is 0.0503. The molecule has 0 aliphatic carbocycles. The smallest absolute Gasteiger partial charge is 0.408 e. The second-order valence-electron chi connectivity index (χ2n) is 4.03. The molecule has 19 heavy (non-hydrogen) atoms. The van der Waals surface area contributed by atoms with Gasteiger partial charge in [0.15, 0.2) is 5.58 Å². The van der Waals surface area contributed by atoms with Gasteiger partial charge in [0, 0.05) is 20.2 Å². The molecule has 0 amide bonds. The summed E-state index contributed by atoms with van der Waals surface area (Å²) in [5.74, 6) is -0.544. The number of aromatic nitrogens is 1. The molecular weight excluding hydrogens is 272 g/mol. The summed E-state index contributed by atoms with van der Waals surface area (Å²) in [4.78, 5) is 11.4. The lowest BCUT2D eigenvalue weighted by Gasteiger charge is -2.05. The van der Waals surface area contributed by atoms with Gasteiger partial charge in [0.2, 0.25) is 10.0 Å². The van der Waals surface area contributed by atoms with E-state index in [2.05, 4.69) is 4.72 Å². The molecule has 0 saturated carbocycles. The van der Waals surface area contributed by atoms with E-state index in [9.17, 15) is 13.2 Å². The van der Waals surface area contributed by atoms with E-state index in [4.69, 9.17) is 9.52 Å². The number of sulfonamides is 1. The number of oxazole rings is 1. The molecular formula is C11H14N2O5S. The highest BCUT2D eigenvalue weighted by Crippen LogP contribution is 2.17. The van der Waals surface area contributed by atoms with Crippen molar-refractivity contribution in [2.75, 3.05) is 13.2 Å². The van der Waals surface area contributed by atoms with Gasteiger partial charge in [-0.1, -0.05) is 0 Å². The summed E-state index contributed by atoms with van der Waals surface area (Å²) in [6, 6.07) is 4.19. The zero-order chi connectivity index (χ0) is 14.0. The molecule has 104 valence electrons. The van der Waals surface area contributed by atoms with E-state index in [0.717, 1.165) is 0 Å². The van der Waals surface area contributed by atoms with Crippen molar-refractivity contribution in [3.63, 3.8) is 0 Å². The first-order valence-electron chi connectivity index (χ1n) is 5.66. The van der Waals surface area contributed by atoms with E-state index < -0.39 is 15.8 Å². The fourth-order valence-electron chi connectivity index (χ4n) is 1.64. The fraction of sp³-hybridized carbons (Fsp3) is 0.364. The van der Waals surface area contributed by atoms with Gasteiger partial charge in [0.25, 0.3) is 0 Å². The molecule has 0 saturated heterocycles. The molecule has 0 aliphatic heterocycles. The maximum Gasteiger partial charge on any atom is 0.419 e. The third-order valence-electron chi connectivity index (χ3n) is 2.70. The number of aryl methyl sites for hydroxylation is 1. The summed E-state index contributed by atoms with van der Waals surface area (Å²) in [7, 11) is -2.15. The SMILES string of the molecule is Cn1c(=O)oc2ccc(S(=O)(=O)NCCCO)cc21. The minimum atomic E-state index is -3.65. The highest BCUT2D eigenvalue weighted by atomic mass is 32.2. The molecule has 1 heterocycles. The lowest BCUT2D eigenvalue weighted by atomic mass is 10.3. The van der Waals surface area contributed by atoms with E-state index in [1.807, 2.05) is 0 Å². The lowest BCUT2D eigenvalue weighted by molar-refractivity contribution is 0.289. The van der Waals surface area contributed by atoms with Gasteiger partial charge in [-0.25, -0.2) is 17.9 Å². The van der Waals surface area contributed by atoms with Crippen molar-refractivity contribution in [2.45, 2.75) is 11.3 Å². The molecule has 0 fully saturated rings. The van der Waals surface area contributed by atoms with Gasteiger partial charge in [0.1, 0.15) is 0 Å². The molecule has 0 unspecified atom stereocenters. The third-order valence-corrected chi connectivity index (χ3v) is 4.16. The van der Waals surface area contributed by atoms with Crippen molar-refractivity contribution < 1.29 is 17.9 Å². The van der Waals surface area contributed by atoms with Crippen LogP contribution in [0.1, 0.15) is 6.42 Å². The molecule has 2 N–H and O–H groups in total. The molecule has 7 nitrogen and oxygen atoms in total. The quantitative estimate of drug-likeness (QED) is 0.741. The van der Waals surface area contributed by atoms with Crippen molar-refractivity contribution in [3.05, 3.63) is 28.7 Å². The van der Waals surface area contributed by atoms with Crippen molar-refractivity contribution >= 4 is 21.1 Å². The summed E-state index contributed by atoms with van der Waals surface area (Å²) in [6.07, 6.45) is 0.339. The van der Waals surface area contributed by atoms with Crippen LogP contribution in [0.4, 0.5) is 0 Å². The minimum Gasteiger partial charge on any atom is -0.408 e. The van der Waals surface area contributed by atoms with Crippen molar-refractivity contribution in [1.82, 2.24) is 9.29 Å². The van der Waals surface area contributed by atoms with E-state index in [1.165, 1.54) is 29.8 Å². The second-order valence-corrected chi connectivity index (χ2v) is 5.80. The average Bonchev–Trinajstić information content (AvgIpc) is 2.65. The number of hydrogen-bond acceptors (Lipinski definition) is 5. The van der Waals surface area contributed by atoms with Crippen LogP contribution in [0.25, 0.3) is 11.1 Å². The Kier molecular flexibility index (Phi) is 3.74. The van der Waals surface area contributed by atoms with Gasteiger partial charge in [-0.05, 0) is 24.6 Å². The maximum atomic E-state index is 12.0. The molecule has 2 rings (SSSR count). The molecule has 0 spiro atoms. The van der Waals surface area contributed by atoms with E-state index in [1.54, 1.807) is 0 Å². The highest BCUT2D eigenvalue weighted by molar-refractivity contribution is 7.89. The number of fused-ring (bicyclic) bond motifs is 1. The Morgan fingerprint density at radius 2 is 2.16 bits per heavy atom. The Labute approximate surface area is 109 Å². The molecule has 0 aliphatic rings. The summed E-state index contributed by atoms with van der Waals surface area (Å²) in [5, 5.41) is 8.63. The van der Waals surface area contributed by atoms with Crippen LogP contribution in [0.15, 0.2) is 32.3 Å². The average molecular weight is 286 g/mol. The number of benzene rings is 1. The van der Waals surface area contributed by atoms with Crippen LogP contribution >= 0.6 is 0 Å². The summed E-state index contributed by atoms with van der Waals surface area (Å²) < 4.78 is 32.4. The molecule has 1 aromatic heterocycles. The zero-order valence-electron chi connectivity index (χ0n) is 10.3. The highest BCUT2D eigenvalue weighted by Gasteiger charge is 2.16. The van der Waals surface area contributed by atoms with Gasteiger partial charge in [-0.15, -0.1) is 0 Å². The number of nitrogens with one attached hydrogen (secondary N) is 1. The molecule has 1 aromatic carbocycles. The van der Waals surface area contributed by atoms with Crippen LogP contribution < -0.4 is 10.5 Å². The first-order chi connectivity index (χ1) is 8.95. The van der Waals surface area contributed by atoms with Crippen LogP contribution in [0.3, 0.4) is 0 Å². The molecule has 0 atom stereocenters. The van der Waals surface area contributed by atoms with E-state index in [-0.39, 0.29) is 18.0 Å². The van der Waals surface area contributed by atoms with Gasteiger partial charge in [0.05, 0.1) is 10.4 Å². The van der Waals surface area contributed by atoms with Gasteiger partial charge in [-0.3, -0.25) is 4.57 Å². The van der Waals surface area contributed by atoms with Crippen molar-refractivity contribution in [3.8, 4) is 0 Å². The molecule has 8 heteroatoms. The molecule has 0 bridgehead atoms. The van der Waals surface area contributed by atoms with Crippen molar-refractivity contribution in [2.24, 2.45) is 7.05 Å². The van der Waals surface area contributed by atoms with Crippen LogP contribution in [0, 0.1) is 0 Å². The topological polar surface area (TPSA) is 102 Å². The number of nitrogens with zero attached hydrogens (tertiary/aromatic N) is 1. The molecule has 0 radical (unpaired) electrons. The van der Waals surface area contributed by atoms with Crippen LogP contribution in [0.2, 0.25) is 0 Å². The second kappa shape index (κ2) is 5.16. The van der Waals surface area contributed by atoms with Gasteiger partial charge >= 0.3 is 5.76 Å². The first-order valence-corrected chi connectivity index (χ1v) is 7.14. The Hall–Kier alpha value is -1.64. The largest absolute Gasteiger partial charge is 0.419 e. The zero-order valence-corrected chi connectivity index (χ0v) is 11.1. The van der Waals surface area contributed by atoms with Crippen molar-refractivity contribution in [1.29, 1.82) is 0 Å². The Balaban J connectivity index is 2.40. The summed E-state index contributed by atoms with van der Waals surface area (Å²) >= 11 is 0. The summed E-state index contributed by atoms with van der Waals surface area (Å²) in [6.45, 7) is 0.0684. The van der Waals surface area contributed by atoms with Gasteiger partial charge in [-0.2, -0.15) is 0 Å². The van der Waals surface area contributed by atoms with E-state index >= 15 is 0 Å². The third kappa shape index (κ3) is 2.70. The number of rotatable bonds is 5. The number of aliphatic hydroxyl groups is 1. The maximum absolute atomic E-state index is 12.0. The van der Waals surface area contributed by atoms with Gasteiger partial charge < -0.3 is 9.52 Å². The lowest BCUT2D eigenvalue weighted by Crippen LogP contribution is -2.25. The molecule has 2 aromatic rings. The Morgan fingerprint density at radius 1 is 1.42 bits per heavy atom. The van der Waals surface area contributed by atoms with Crippen LogP contribution in [0.5, 0.6) is 0 Å². The standard InChI is InChI=1S/C11H14N2O5S/c1-13-9-7-8(3-4-10(9)18-11(13)15)19(16,17)12-5-2-6-14/h3-4,7,12,14H,2,5-6H2,1H3. The monoisotopic (exact) mass is 286 g/mol. The Bertz CT molecular complexity index is 744. The first kappa shape index (κ1) is 13.8. The normalized spacial score (nSPS) is 12.1. The predicted molar refractivity (Wildman–Crippen MR) is 68.3 cm³/mol. The predicted octanol–water partition coefficient (Wildman–Crippen LogP) is -0.208.